The third kappa shape index (κ3) is 2.11. The van der Waals surface area contributed by atoms with Gasteiger partial charge >= 0.3 is 0 Å². The first-order chi connectivity index (χ1) is 9.56. The zero-order valence-electron chi connectivity index (χ0n) is 11.9. The molecule has 1 fully saturated rings. The van der Waals surface area contributed by atoms with Gasteiger partial charge in [-0.25, -0.2) is 4.98 Å². The Hall–Kier alpha value is -2.10. The zero-order chi connectivity index (χ0) is 14.3. The zero-order valence-corrected chi connectivity index (χ0v) is 11.9. The number of benzene rings is 1. The van der Waals surface area contributed by atoms with Gasteiger partial charge in [-0.2, -0.15) is 0 Å². The molecular weight excluding hydrogens is 248 g/mol. The molecule has 4 nitrogen and oxygen atoms in total. The molecule has 1 aliphatic heterocycles. The van der Waals surface area contributed by atoms with E-state index in [0.717, 1.165) is 35.4 Å². The van der Waals surface area contributed by atoms with Crippen molar-refractivity contribution in [3.05, 3.63) is 35.9 Å². The van der Waals surface area contributed by atoms with Crippen LogP contribution in [0.3, 0.4) is 0 Å². The van der Waals surface area contributed by atoms with Crippen LogP contribution < -0.4 is 10.6 Å². The number of nitrogens with two attached hydrogens (primary N) is 1. The monoisotopic (exact) mass is 268 g/mol. The Morgan fingerprint density at radius 1 is 1.25 bits per heavy atom. The summed E-state index contributed by atoms with van der Waals surface area (Å²) in [7, 11) is 0. The molecule has 104 valence electrons. The third-order valence-electron chi connectivity index (χ3n) is 4.30. The molecule has 1 aromatic heterocycles. The van der Waals surface area contributed by atoms with Gasteiger partial charge in [0.1, 0.15) is 11.7 Å². The summed E-state index contributed by atoms with van der Waals surface area (Å²) in [4.78, 5) is 7.04. The van der Waals surface area contributed by atoms with E-state index in [4.69, 9.17) is 16.1 Å². The number of pyridine rings is 1. The van der Waals surface area contributed by atoms with Gasteiger partial charge in [-0.1, -0.05) is 32.0 Å². The fourth-order valence-corrected chi connectivity index (χ4v) is 2.86. The summed E-state index contributed by atoms with van der Waals surface area (Å²) in [6, 6.07) is 9.83. The average molecular weight is 268 g/mol. The van der Waals surface area contributed by atoms with Gasteiger partial charge < -0.3 is 10.6 Å². The number of para-hydroxylation sites is 1. The second-order valence-electron chi connectivity index (χ2n) is 5.82. The van der Waals surface area contributed by atoms with Crippen molar-refractivity contribution >= 4 is 22.6 Å². The lowest BCUT2D eigenvalue weighted by Crippen LogP contribution is -2.22. The first kappa shape index (κ1) is 12.9. The number of nitrogens with one attached hydrogen (secondary N) is 1. The Balaban J connectivity index is 2.11. The minimum Gasteiger partial charge on any atom is -0.384 e. The molecule has 2 aromatic rings. The molecule has 0 aliphatic carbocycles. The Morgan fingerprint density at radius 3 is 2.55 bits per heavy atom. The molecule has 0 spiro atoms. The van der Waals surface area contributed by atoms with Crippen LogP contribution >= 0.6 is 0 Å². The van der Waals surface area contributed by atoms with E-state index >= 15 is 0 Å². The van der Waals surface area contributed by atoms with Crippen LogP contribution in [0.2, 0.25) is 0 Å². The van der Waals surface area contributed by atoms with E-state index in [1.165, 1.54) is 0 Å². The summed E-state index contributed by atoms with van der Waals surface area (Å²) >= 11 is 0. The molecule has 2 heterocycles. The summed E-state index contributed by atoms with van der Waals surface area (Å²) < 4.78 is 0. The summed E-state index contributed by atoms with van der Waals surface area (Å²) in [5, 5.41) is 8.74. The normalized spacial score (nSPS) is 22.4. The van der Waals surface area contributed by atoms with E-state index in [-0.39, 0.29) is 5.84 Å². The third-order valence-corrected chi connectivity index (χ3v) is 4.30. The van der Waals surface area contributed by atoms with Gasteiger partial charge in [-0.3, -0.25) is 5.41 Å². The average Bonchev–Trinajstić information content (AvgIpc) is 2.77. The molecule has 1 aliphatic rings. The number of rotatable bonds is 2. The molecule has 3 rings (SSSR count). The van der Waals surface area contributed by atoms with Crippen LogP contribution in [-0.2, 0) is 0 Å². The molecule has 2 atom stereocenters. The highest BCUT2D eigenvalue weighted by molar-refractivity contribution is 6.07. The molecule has 3 N–H and O–H groups in total. The second kappa shape index (κ2) is 4.78. The van der Waals surface area contributed by atoms with Crippen LogP contribution in [-0.4, -0.2) is 23.9 Å². The standard InChI is InChI=1S/C16H20N4/c1-10-8-20(9-11(10)2)15-7-13(16(17)18)12-5-3-4-6-14(12)19-15/h3-7,10-11H,8-9H2,1-2H3,(H3,17,18). The second-order valence-corrected chi connectivity index (χ2v) is 5.82. The van der Waals surface area contributed by atoms with Crippen LogP contribution in [0.25, 0.3) is 10.9 Å². The van der Waals surface area contributed by atoms with Crippen molar-refractivity contribution in [3.8, 4) is 0 Å². The lowest BCUT2D eigenvalue weighted by molar-refractivity contribution is 0.494. The SMILES string of the molecule is CC1CN(c2cc(C(=N)N)c3ccccc3n2)CC1C. The van der Waals surface area contributed by atoms with Gasteiger partial charge in [0.15, 0.2) is 0 Å². The quantitative estimate of drug-likeness (QED) is 0.650. The van der Waals surface area contributed by atoms with Crippen LogP contribution in [0, 0.1) is 17.2 Å². The number of fused-ring (bicyclic) bond motifs is 1. The summed E-state index contributed by atoms with van der Waals surface area (Å²) in [5.41, 5.74) is 7.42. The van der Waals surface area contributed by atoms with Gasteiger partial charge in [-0.05, 0) is 24.0 Å². The van der Waals surface area contributed by atoms with Crippen LogP contribution in [0.4, 0.5) is 5.82 Å². The maximum atomic E-state index is 7.80. The molecule has 20 heavy (non-hydrogen) atoms. The topological polar surface area (TPSA) is 66.0 Å². The van der Waals surface area contributed by atoms with Gasteiger partial charge in [-0.15, -0.1) is 0 Å². The fourth-order valence-electron chi connectivity index (χ4n) is 2.86. The molecule has 0 amide bonds. The number of amidine groups is 1. The Kier molecular flexibility index (Phi) is 3.08. The molecule has 0 bridgehead atoms. The summed E-state index contributed by atoms with van der Waals surface area (Å²) in [6.07, 6.45) is 0. The van der Waals surface area contributed by atoms with Crippen molar-refractivity contribution in [3.63, 3.8) is 0 Å². The Morgan fingerprint density at radius 2 is 1.90 bits per heavy atom. The van der Waals surface area contributed by atoms with E-state index in [1.54, 1.807) is 0 Å². The smallest absolute Gasteiger partial charge is 0.130 e. The summed E-state index contributed by atoms with van der Waals surface area (Å²) in [6.45, 7) is 6.59. The molecule has 0 radical (unpaired) electrons. The number of nitrogens with zero attached hydrogens (tertiary/aromatic N) is 2. The molecule has 4 heteroatoms. The van der Waals surface area contributed by atoms with Gasteiger partial charge in [0.2, 0.25) is 0 Å². The molecule has 1 saturated heterocycles. The van der Waals surface area contributed by atoms with E-state index in [0.29, 0.717) is 11.8 Å². The van der Waals surface area contributed by atoms with Crippen molar-refractivity contribution in [2.45, 2.75) is 13.8 Å². The predicted molar refractivity (Wildman–Crippen MR) is 83.3 cm³/mol. The largest absolute Gasteiger partial charge is 0.384 e. The highest BCUT2D eigenvalue weighted by Crippen LogP contribution is 2.29. The first-order valence-corrected chi connectivity index (χ1v) is 7.05. The Bertz CT molecular complexity index is 655. The minimum absolute atomic E-state index is 0.102. The number of anilines is 1. The molecule has 0 saturated carbocycles. The lowest BCUT2D eigenvalue weighted by atomic mass is 10.0. The van der Waals surface area contributed by atoms with E-state index in [1.807, 2.05) is 30.3 Å². The van der Waals surface area contributed by atoms with Crippen molar-refractivity contribution in [2.75, 3.05) is 18.0 Å². The molecule has 1 aromatic carbocycles. The van der Waals surface area contributed by atoms with Crippen molar-refractivity contribution in [1.82, 2.24) is 4.98 Å². The predicted octanol–water partition coefficient (Wildman–Crippen LogP) is 2.61. The van der Waals surface area contributed by atoms with Gasteiger partial charge in [0, 0.05) is 24.0 Å². The Labute approximate surface area is 119 Å². The van der Waals surface area contributed by atoms with Crippen LogP contribution in [0.15, 0.2) is 30.3 Å². The van der Waals surface area contributed by atoms with Crippen molar-refractivity contribution < 1.29 is 0 Å². The summed E-state index contributed by atoms with van der Waals surface area (Å²) in [5.74, 6) is 2.38. The first-order valence-electron chi connectivity index (χ1n) is 7.05. The number of hydrogen-bond donors (Lipinski definition) is 2. The van der Waals surface area contributed by atoms with E-state index in [2.05, 4.69) is 18.7 Å². The number of nitrogen functional groups attached to an aromatic ring is 1. The van der Waals surface area contributed by atoms with Crippen LogP contribution in [0.1, 0.15) is 19.4 Å². The van der Waals surface area contributed by atoms with Crippen molar-refractivity contribution in [1.29, 1.82) is 5.41 Å². The molecule has 2 unspecified atom stereocenters. The molecular formula is C16H20N4. The highest BCUT2D eigenvalue weighted by Gasteiger charge is 2.27. The highest BCUT2D eigenvalue weighted by atomic mass is 15.2. The van der Waals surface area contributed by atoms with Gasteiger partial charge in [0.25, 0.3) is 0 Å². The van der Waals surface area contributed by atoms with E-state index in [9.17, 15) is 0 Å². The fraction of sp³-hybridized carbons (Fsp3) is 0.375. The lowest BCUT2D eigenvalue weighted by Gasteiger charge is -2.19. The van der Waals surface area contributed by atoms with Crippen LogP contribution in [0.5, 0.6) is 0 Å². The maximum absolute atomic E-state index is 7.80. The van der Waals surface area contributed by atoms with Crippen molar-refractivity contribution in [2.24, 2.45) is 17.6 Å². The maximum Gasteiger partial charge on any atom is 0.130 e. The minimum atomic E-state index is 0.102. The number of aromatic nitrogens is 1. The van der Waals surface area contributed by atoms with E-state index < -0.39 is 0 Å². The van der Waals surface area contributed by atoms with Gasteiger partial charge in [0.05, 0.1) is 5.52 Å². The number of hydrogen-bond acceptors (Lipinski definition) is 3.